The zero-order chi connectivity index (χ0) is 15.6. The van der Waals surface area contributed by atoms with Crippen molar-refractivity contribution in [3.05, 3.63) is 28.2 Å². The van der Waals surface area contributed by atoms with Crippen LogP contribution in [-0.4, -0.2) is 59.6 Å². The number of nitrogens with zero attached hydrogens (tertiary/aromatic N) is 2. The normalized spacial score (nSPS) is 19.4. The molecule has 0 spiro atoms. The van der Waals surface area contributed by atoms with Crippen LogP contribution in [0, 0.1) is 0 Å². The molecule has 21 heavy (non-hydrogen) atoms. The zero-order valence-corrected chi connectivity index (χ0v) is 13.6. The third kappa shape index (κ3) is 3.74. The molecule has 0 aromatic heterocycles. The van der Waals surface area contributed by atoms with Gasteiger partial charge in [0, 0.05) is 30.1 Å². The molecule has 1 saturated heterocycles. The van der Waals surface area contributed by atoms with Crippen molar-refractivity contribution in [2.45, 2.75) is 13.0 Å². The van der Waals surface area contributed by atoms with Gasteiger partial charge >= 0.3 is 12.0 Å². The van der Waals surface area contributed by atoms with Gasteiger partial charge in [-0.05, 0) is 48.1 Å². The van der Waals surface area contributed by atoms with E-state index in [1.165, 1.54) is 12.1 Å². The van der Waals surface area contributed by atoms with Crippen molar-refractivity contribution in [1.29, 1.82) is 0 Å². The van der Waals surface area contributed by atoms with Crippen LogP contribution < -0.4 is 5.32 Å². The standard InChI is InChI=1S/C14H18BrN3O3/c1-9-8-18(6-5-17(9)2)14(21)16-12-4-3-10(13(19)20)7-11(12)15/h3-4,7,9H,5-6,8H2,1-2H3,(H,16,21)(H,19,20). The van der Waals surface area contributed by atoms with E-state index >= 15 is 0 Å². The number of carbonyl (C=O) groups is 2. The molecule has 2 rings (SSSR count). The number of piperazine rings is 1. The van der Waals surface area contributed by atoms with Crippen molar-refractivity contribution in [3.8, 4) is 0 Å². The van der Waals surface area contributed by atoms with Gasteiger partial charge in [-0.3, -0.25) is 0 Å². The number of hydrogen-bond donors (Lipinski definition) is 2. The summed E-state index contributed by atoms with van der Waals surface area (Å²) in [4.78, 5) is 27.1. The number of hydrogen-bond acceptors (Lipinski definition) is 3. The SMILES string of the molecule is CC1CN(C(=O)Nc2ccc(C(=O)O)cc2Br)CCN1C. The minimum absolute atomic E-state index is 0.168. The molecular formula is C14H18BrN3O3. The molecule has 2 N–H and O–H groups in total. The van der Waals surface area contributed by atoms with E-state index in [-0.39, 0.29) is 11.6 Å². The number of rotatable bonds is 2. The van der Waals surface area contributed by atoms with Gasteiger partial charge in [-0.15, -0.1) is 0 Å². The van der Waals surface area contributed by atoms with Crippen LogP contribution in [0.1, 0.15) is 17.3 Å². The fourth-order valence-corrected chi connectivity index (χ4v) is 2.65. The number of benzene rings is 1. The summed E-state index contributed by atoms with van der Waals surface area (Å²) in [7, 11) is 2.04. The number of carbonyl (C=O) groups excluding carboxylic acids is 1. The topological polar surface area (TPSA) is 72.9 Å². The first-order valence-corrected chi connectivity index (χ1v) is 7.47. The Balaban J connectivity index is 2.04. The number of halogens is 1. The Hall–Kier alpha value is -1.60. The molecule has 114 valence electrons. The van der Waals surface area contributed by atoms with Crippen molar-refractivity contribution >= 4 is 33.6 Å². The molecule has 7 heteroatoms. The fraction of sp³-hybridized carbons (Fsp3) is 0.429. The summed E-state index contributed by atoms with van der Waals surface area (Å²) in [6, 6.07) is 4.69. The lowest BCUT2D eigenvalue weighted by atomic mass is 10.2. The monoisotopic (exact) mass is 355 g/mol. The van der Waals surface area contributed by atoms with E-state index in [2.05, 4.69) is 33.1 Å². The predicted molar refractivity (Wildman–Crippen MR) is 83.8 cm³/mol. The van der Waals surface area contributed by atoms with Crippen LogP contribution in [0.4, 0.5) is 10.5 Å². The third-order valence-corrected chi connectivity index (χ3v) is 4.36. The maximum atomic E-state index is 12.2. The first kappa shape index (κ1) is 15.8. The zero-order valence-electron chi connectivity index (χ0n) is 12.0. The Morgan fingerprint density at radius 2 is 2.10 bits per heavy atom. The molecule has 1 unspecified atom stereocenters. The molecule has 0 radical (unpaired) electrons. The minimum atomic E-state index is -0.999. The molecule has 1 heterocycles. The molecular weight excluding hydrogens is 338 g/mol. The highest BCUT2D eigenvalue weighted by molar-refractivity contribution is 9.10. The first-order valence-electron chi connectivity index (χ1n) is 6.67. The molecule has 1 aromatic rings. The quantitative estimate of drug-likeness (QED) is 0.853. The molecule has 1 aromatic carbocycles. The number of aromatic carboxylic acids is 1. The summed E-state index contributed by atoms with van der Waals surface area (Å²) in [6.07, 6.45) is 0. The Morgan fingerprint density at radius 1 is 1.38 bits per heavy atom. The second kappa shape index (κ2) is 6.44. The highest BCUT2D eigenvalue weighted by atomic mass is 79.9. The lowest BCUT2D eigenvalue weighted by Gasteiger charge is -2.37. The minimum Gasteiger partial charge on any atom is -0.478 e. The van der Waals surface area contributed by atoms with Gasteiger partial charge in [0.2, 0.25) is 0 Å². The van der Waals surface area contributed by atoms with Crippen LogP contribution in [0.25, 0.3) is 0 Å². The van der Waals surface area contributed by atoms with Crippen LogP contribution in [-0.2, 0) is 0 Å². The van der Waals surface area contributed by atoms with Gasteiger partial charge in [0.1, 0.15) is 0 Å². The fourth-order valence-electron chi connectivity index (χ4n) is 2.18. The summed E-state index contributed by atoms with van der Waals surface area (Å²) in [5.74, 6) is -0.999. The lowest BCUT2D eigenvalue weighted by Crippen LogP contribution is -2.53. The van der Waals surface area contributed by atoms with Crippen molar-refractivity contribution < 1.29 is 14.7 Å². The van der Waals surface area contributed by atoms with Gasteiger partial charge in [-0.25, -0.2) is 9.59 Å². The van der Waals surface area contributed by atoms with Crippen molar-refractivity contribution in [2.75, 3.05) is 32.0 Å². The summed E-state index contributed by atoms with van der Waals surface area (Å²) < 4.78 is 0.554. The summed E-state index contributed by atoms with van der Waals surface area (Å²) in [5, 5.41) is 11.7. The Kier molecular flexibility index (Phi) is 4.84. The Labute approximate surface area is 131 Å². The van der Waals surface area contributed by atoms with Crippen LogP contribution in [0.3, 0.4) is 0 Å². The molecule has 1 aliphatic rings. The molecule has 0 saturated carbocycles. The maximum Gasteiger partial charge on any atom is 0.335 e. The molecule has 2 amide bonds. The highest BCUT2D eigenvalue weighted by Gasteiger charge is 2.24. The van der Waals surface area contributed by atoms with Gasteiger partial charge in [-0.1, -0.05) is 0 Å². The van der Waals surface area contributed by atoms with Crippen LogP contribution in [0.5, 0.6) is 0 Å². The molecule has 0 aliphatic carbocycles. The molecule has 1 aliphatic heterocycles. The van der Waals surface area contributed by atoms with Gasteiger partial charge in [-0.2, -0.15) is 0 Å². The number of nitrogens with one attached hydrogen (secondary N) is 1. The largest absolute Gasteiger partial charge is 0.478 e. The summed E-state index contributed by atoms with van der Waals surface area (Å²) >= 11 is 3.28. The van der Waals surface area contributed by atoms with Gasteiger partial charge in [0.05, 0.1) is 11.3 Å². The lowest BCUT2D eigenvalue weighted by molar-refractivity contribution is 0.0697. The van der Waals surface area contributed by atoms with Crippen LogP contribution in [0.15, 0.2) is 22.7 Å². The molecule has 6 nitrogen and oxygen atoms in total. The molecule has 0 bridgehead atoms. The van der Waals surface area contributed by atoms with Crippen molar-refractivity contribution in [2.24, 2.45) is 0 Å². The van der Waals surface area contributed by atoms with Gasteiger partial charge in [0.25, 0.3) is 0 Å². The number of anilines is 1. The highest BCUT2D eigenvalue weighted by Crippen LogP contribution is 2.24. The third-order valence-electron chi connectivity index (χ3n) is 3.70. The smallest absolute Gasteiger partial charge is 0.335 e. The van der Waals surface area contributed by atoms with Gasteiger partial charge in [0.15, 0.2) is 0 Å². The van der Waals surface area contributed by atoms with E-state index in [1.807, 2.05) is 7.05 Å². The van der Waals surface area contributed by atoms with Crippen LogP contribution >= 0.6 is 15.9 Å². The van der Waals surface area contributed by atoms with Crippen molar-refractivity contribution in [1.82, 2.24) is 9.80 Å². The van der Waals surface area contributed by atoms with E-state index in [9.17, 15) is 9.59 Å². The first-order chi connectivity index (χ1) is 9.88. The van der Waals surface area contributed by atoms with Crippen molar-refractivity contribution in [3.63, 3.8) is 0 Å². The second-order valence-corrected chi connectivity index (χ2v) is 6.06. The molecule has 1 atom stereocenters. The second-order valence-electron chi connectivity index (χ2n) is 5.21. The summed E-state index contributed by atoms with van der Waals surface area (Å²) in [6.45, 7) is 4.27. The van der Waals surface area contributed by atoms with E-state index in [4.69, 9.17) is 5.11 Å². The average Bonchev–Trinajstić information content (AvgIpc) is 2.43. The Bertz CT molecular complexity index is 564. The number of carboxylic acid groups (broad SMARTS) is 1. The van der Waals surface area contributed by atoms with E-state index in [0.29, 0.717) is 29.3 Å². The number of urea groups is 1. The average molecular weight is 356 g/mol. The predicted octanol–water partition coefficient (Wildman–Crippen LogP) is 2.32. The maximum absolute atomic E-state index is 12.2. The van der Waals surface area contributed by atoms with E-state index in [0.717, 1.165) is 6.54 Å². The summed E-state index contributed by atoms with van der Waals surface area (Å²) in [5.41, 5.74) is 0.740. The van der Waals surface area contributed by atoms with E-state index < -0.39 is 5.97 Å². The van der Waals surface area contributed by atoms with Crippen LogP contribution in [0.2, 0.25) is 0 Å². The number of carboxylic acids is 1. The van der Waals surface area contributed by atoms with Gasteiger partial charge < -0.3 is 20.2 Å². The molecule has 1 fully saturated rings. The van der Waals surface area contributed by atoms with E-state index in [1.54, 1.807) is 11.0 Å². The number of likely N-dealkylation sites (N-methyl/N-ethyl adjacent to an activating group) is 1. The number of amides is 2. The Morgan fingerprint density at radius 3 is 2.67 bits per heavy atom.